The van der Waals surface area contributed by atoms with E-state index >= 15 is 0 Å². The third kappa shape index (κ3) is 3.42. The highest BCUT2D eigenvalue weighted by Crippen LogP contribution is 2.21. The fraction of sp³-hybridized carbons (Fsp3) is 0.909. The maximum Gasteiger partial charge on any atom is 0.240 e. The van der Waals surface area contributed by atoms with Crippen molar-refractivity contribution in [3.8, 4) is 0 Å². The van der Waals surface area contributed by atoms with Crippen LogP contribution in [0.5, 0.6) is 0 Å². The molecule has 1 fully saturated rings. The van der Waals surface area contributed by atoms with Crippen LogP contribution in [0.15, 0.2) is 0 Å². The summed E-state index contributed by atoms with van der Waals surface area (Å²) in [6.45, 7) is 3.93. The molecule has 0 aromatic carbocycles. The van der Waals surface area contributed by atoms with Crippen LogP contribution in [0, 0.1) is 0 Å². The Kier molecular flexibility index (Phi) is 4.55. The third-order valence-electron chi connectivity index (χ3n) is 3.43. The van der Waals surface area contributed by atoms with Gasteiger partial charge < -0.3 is 10.6 Å². The lowest BCUT2D eigenvalue weighted by Gasteiger charge is -2.39. The second-order valence-electron chi connectivity index (χ2n) is 4.93. The van der Waals surface area contributed by atoms with E-state index in [4.69, 9.17) is 5.73 Å². The van der Waals surface area contributed by atoms with E-state index in [0.717, 1.165) is 25.5 Å². The molecule has 0 radical (unpaired) electrons. The van der Waals surface area contributed by atoms with E-state index in [1.54, 1.807) is 4.90 Å². The number of nitrogens with two attached hydrogens (primary N) is 1. The van der Waals surface area contributed by atoms with E-state index in [2.05, 4.69) is 0 Å². The van der Waals surface area contributed by atoms with Gasteiger partial charge in [0.05, 0.1) is 0 Å². The van der Waals surface area contributed by atoms with Gasteiger partial charge in [-0.1, -0.05) is 0 Å². The number of rotatable bonds is 3. The monoisotopic (exact) mass is 262 g/mol. The lowest BCUT2D eigenvalue weighted by molar-refractivity contribution is -0.134. The largest absolute Gasteiger partial charge is 0.337 e. The Labute approximate surface area is 103 Å². The van der Waals surface area contributed by atoms with E-state index in [1.165, 1.54) is 6.92 Å². The van der Waals surface area contributed by atoms with Gasteiger partial charge in [0.15, 0.2) is 9.84 Å². The molecule has 0 aliphatic carbocycles. The number of sulfone groups is 1. The van der Waals surface area contributed by atoms with Crippen LogP contribution in [-0.4, -0.2) is 49.4 Å². The first-order valence-corrected chi connectivity index (χ1v) is 7.95. The van der Waals surface area contributed by atoms with Crippen molar-refractivity contribution < 1.29 is 13.2 Å². The summed E-state index contributed by atoms with van der Waals surface area (Å²) < 4.78 is 22.8. The van der Waals surface area contributed by atoms with Gasteiger partial charge in [-0.25, -0.2) is 8.42 Å². The van der Waals surface area contributed by atoms with Crippen molar-refractivity contribution >= 4 is 15.7 Å². The number of amides is 1. The molecule has 1 amide bonds. The highest BCUT2D eigenvalue weighted by Gasteiger charge is 2.35. The smallest absolute Gasteiger partial charge is 0.240 e. The second kappa shape index (κ2) is 5.35. The van der Waals surface area contributed by atoms with Crippen molar-refractivity contribution in [2.24, 2.45) is 5.73 Å². The van der Waals surface area contributed by atoms with Gasteiger partial charge in [0.25, 0.3) is 0 Å². The molecule has 0 spiro atoms. The molecule has 1 heterocycles. The van der Waals surface area contributed by atoms with E-state index in [9.17, 15) is 13.2 Å². The highest BCUT2D eigenvalue weighted by molar-refractivity contribution is 7.92. The third-order valence-corrected chi connectivity index (χ3v) is 4.92. The predicted octanol–water partition coefficient (Wildman–Crippen LogP) is 0.148. The van der Waals surface area contributed by atoms with Gasteiger partial charge in [-0.15, -0.1) is 0 Å². The number of carbonyl (C=O) groups is 1. The molecule has 0 bridgehead atoms. The molecule has 17 heavy (non-hydrogen) atoms. The number of hydrogen-bond donors (Lipinski definition) is 1. The lowest BCUT2D eigenvalue weighted by atomic mass is 9.96. The van der Waals surface area contributed by atoms with Gasteiger partial charge in [-0.2, -0.15) is 0 Å². The molecule has 1 aliphatic heterocycles. The molecule has 100 valence electrons. The number of piperidine rings is 1. The first-order valence-electron chi connectivity index (χ1n) is 6.00. The predicted molar refractivity (Wildman–Crippen MR) is 67.3 cm³/mol. The standard InChI is InChI=1S/C11H22N2O3S/c1-8(12)10-6-4-5-7-13(10)11(14)9(2)17(3,15)16/h8-10H,4-7,12H2,1-3H3. The molecule has 0 aromatic heterocycles. The molecule has 5 nitrogen and oxygen atoms in total. The summed E-state index contributed by atoms with van der Waals surface area (Å²) in [5.74, 6) is -0.311. The molecular formula is C11H22N2O3S. The van der Waals surface area contributed by atoms with E-state index in [0.29, 0.717) is 6.54 Å². The van der Waals surface area contributed by atoms with Crippen molar-refractivity contribution in [2.75, 3.05) is 12.8 Å². The van der Waals surface area contributed by atoms with Crippen LogP contribution < -0.4 is 5.73 Å². The second-order valence-corrected chi connectivity index (χ2v) is 7.29. The van der Waals surface area contributed by atoms with Crippen molar-refractivity contribution in [3.63, 3.8) is 0 Å². The van der Waals surface area contributed by atoms with Crippen LogP contribution in [0.25, 0.3) is 0 Å². The summed E-state index contributed by atoms with van der Waals surface area (Å²) in [6, 6.07) is -0.147. The van der Waals surface area contributed by atoms with Crippen LogP contribution in [0.3, 0.4) is 0 Å². The highest BCUT2D eigenvalue weighted by atomic mass is 32.2. The van der Waals surface area contributed by atoms with Crippen LogP contribution in [0.4, 0.5) is 0 Å². The average Bonchev–Trinajstić information content (AvgIpc) is 2.25. The summed E-state index contributed by atoms with van der Waals surface area (Å²) in [5, 5.41) is -0.971. The van der Waals surface area contributed by atoms with Gasteiger partial charge in [-0.05, 0) is 33.1 Å². The van der Waals surface area contributed by atoms with Crippen molar-refractivity contribution in [1.29, 1.82) is 0 Å². The summed E-state index contributed by atoms with van der Waals surface area (Å²) >= 11 is 0. The average molecular weight is 262 g/mol. The fourth-order valence-corrected chi connectivity index (χ4v) is 2.70. The fourth-order valence-electron chi connectivity index (χ4n) is 2.19. The summed E-state index contributed by atoms with van der Waals surface area (Å²) in [6.07, 6.45) is 3.93. The Morgan fingerprint density at radius 2 is 1.94 bits per heavy atom. The molecule has 1 aliphatic rings. The van der Waals surface area contributed by atoms with Gasteiger partial charge >= 0.3 is 0 Å². The van der Waals surface area contributed by atoms with Gasteiger partial charge in [-0.3, -0.25) is 4.79 Å². The first-order chi connectivity index (χ1) is 7.75. The number of likely N-dealkylation sites (tertiary alicyclic amines) is 1. The zero-order valence-electron chi connectivity index (χ0n) is 10.7. The SMILES string of the molecule is CC(N)C1CCCCN1C(=O)C(C)S(C)(=O)=O. The van der Waals surface area contributed by atoms with Crippen LogP contribution in [-0.2, 0) is 14.6 Å². The maximum atomic E-state index is 12.2. The van der Waals surface area contributed by atoms with Crippen molar-refractivity contribution in [1.82, 2.24) is 4.90 Å². The molecular weight excluding hydrogens is 240 g/mol. The molecule has 0 aromatic rings. The van der Waals surface area contributed by atoms with Gasteiger partial charge in [0.1, 0.15) is 5.25 Å². The zero-order valence-corrected chi connectivity index (χ0v) is 11.5. The minimum Gasteiger partial charge on any atom is -0.337 e. The lowest BCUT2D eigenvalue weighted by Crippen LogP contribution is -2.54. The molecule has 1 rings (SSSR count). The van der Waals surface area contributed by atoms with Crippen LogP contribution in [0.2, 0.25) is 0 Å². The molecule has 3 unspecified atom stereocenters. The Hall–Kier alpha value is -0.620. The molecule has 2 N–H and O–H groups in total. The van der Waals surface area contributed by atoms with Crippen LogP contribution in [0.1, 0.15) is 33.1 Å². The summed E-state index contributed by atoms with van der Waals surface area (Å²) in [4.78, 5) is 13.8. The van der Waals surface area contributed by atoms with E-state index < -0.39 is 15.1 Å². The quantitative estimate of drug-likeness (QED) is 0.785. The molecule has 3 atom stereocenters. The minimum absolute atomic E-state index is 0.0274. The van der Waals surface area contributed by atoms with Crippen molar-refractivity contribution in [3.05, 3.63) is 0 Å². The molecule has 6 heteroatoms. The zero-order chi connectivity index (χ0) is 13.2. The normalized spacial score (nSPS) is 25.4. The number of carbonyl (C=O) groups excluding carboxylic acids is 1. The Balaban J connectivity index is 2.86. The van der Waals surface area contributed by atoms with Gasteiger partial charge in [0, 0.05) is 24.9 Å². The summed E-state index contributed by atoms with van der Waals surface area (Å²) in [7, 11) is -3.33. The minimum atomic E-state index is -3.33. The first kappa shape index (κ1) is 14.4. The van der Waals surface area contributed by atoms with Gasteiger partial charge in [0.2, 0.25) is 5.91 Å². The van der Waals surface area contributed by atoms with Crippen LogP contribution >= 0.6 is 0 Å². The van der Waals surface area contributed by atoms with E-state index in [-0.39, 0.29) is 18.0 Å². The topological polar surface area (TPSA) is 80.5 Å². The Morgan fingerprint density at radius 1 is 1.35 bits per heavy atom. The maximum absolute atomic E-state index is 12.2. The number of nitrogens with zero attached hydrogens (tertiary/aromatic N) is 1. The summed E-state index contributed by atoms with van der Waals surface area (Å²) in [5.41, 5.74) is 5.86. The number of hydrogen-bond acceptors (Lipinski definition) is 4. The molecule has 1 saturated heterocycles. The van der Waals surface area contributed by atoms with E-state index in [1.807, 2.05) is 6.92 Å². The molecule has 0 saturated carbocycles. The Morgan fingerprint density at radius 3 is 2.41 bits per heavy atom. The Bertz CT molecular complexity index is 378. The van der Waals surface area contributed by atoms with Crippen molar-refractivity contribution in [2.45, 2.75) is 50.4 Å².